The lowest BCUT2D eigenvalue weighted by Crippen LogP contribution is -2.67. The highest BCUT2D eigenvalue weighted by Crippen LogP contribution is 2.46. The van der Waals surface area contributed by atoms with Gasteiger partial charge in [-0.05, 0) is 132 Å². The van der Waals surface area contributed by atoms with E-state index in [1.54, 1.807) is 0 Å². The molecule has 3 saturated heterocycles. The molecular weight excluding hydrogens is 562 g/mol. The second-order valence-electron chi connectivity index (χ2n) is 17.0. The molecule has 1 N–H and O–H groups in total. The summed E-state index contributed by atoms with van der Waals surface area (Å²) in [6.45, 7) is 23.4. The zero-order valence-electron chi connectivity index (χ0n) is 28.7. The quantitative estimate of drug-likeness (QED) is 0.226. The van der Waals surface area contributed by atoms with Crippen LogP contribution in [-0.2, 0) is 15.6 Å². The van der Waals surface area contributed by atoms with Crippen molar-refractivity contribution in [1.82, 2.24) is 30.1 Å². The fraction of sp³-hybridized carbons (Fsp3) is 0.900. The van der Waals surface area contributed by atoms with Crippen molar-refractivity contribution in [2.75, 3.05) is 10.2 Å². The standard InChI is InChI=1S/C30H52N11O3/c1-25(2)13-19(14-26(3,4)39(25)42)32-22-33-23(36-37-31)35-24(34-22)38(20-15-27(5,6)40(43)28(7,8)16-20)21-17-29(9,10)41(44)30(11,12)18-21/h19-21H,13-18H2,1-12H3,(H,32,33,34,35). The third kappa shape index (κ3) is 6.62. The molecule has 44 heavy (non-hydrogen) atoms. The van der Waals surface area contributed by atoms with E-state index in [1.165, 1.54) is 15.2 Å². The molecule has 3 fully saturated rings. The molecule has 0 spiro atoms. The minimum Gasteiger partial charge on any atom is -0.351 e. The van der Waals surface area contributed by atoms with Gasteiger partial charge in [0.25, 0.3) is 0 Å². The van der Waals surface area contributed by atoms with Crippen LogP contribution in [0.5, 0.6) is 0 Å². The van der Waals surface area contributed by atoms with Gasteiger partial charge in [0.05, 0.1) is 0 Å². The summed E-state index contributed by atoms with van der Waals surface area (Å²) < 4.78 is 0. The smallest absolute Gasteiger partial charge is 0.231 e. The lowest BCUT2D eigenvalue weighted by atomic mass is 9.75. The molecule has 245 valence electrons. The molecule has 1 aromatic rings. The number of aromatic nitrogens is 3. The molecule has 0 saturated carbocycles. The van der Waals surface area contributed by atoms with Gasteiger partial charge < -0.3 is 10.2 Å². The highest BCUT2D eigenvalue weighted by Gasteiger charge is 2.53. The number of anilines is 2. The van der Waals surface area contributed by atoms with Crippen molar-refractivity contribution in [3.05, 3.63) is 10.4 Å². The summed E-state index contributed by atoms with van der Waals surface area (Å²) >= 11 is 0. The SMILES string of the molecule is CC1(C)CC(Nc2nc(N=[N+]=[N-])nc(N(C3CC(C)(C)N([O])C(C)(C)C3)C3CC(C)(C)N([O])C(C)(C)C3)n2)CC(C)(C)N1[O]. The summed E-state index contributed by atoms with van der Waals surface area (Å²) in [6, 6.07) is -0.401. The van der Waals surface area contributed by atoms with Crippen molar-refractivity contribution in [1.29, 1.82) is 0 Å². The molecule has 4 rings (SSSR count). The molecule has 0 amide bonds. The van der Waals surface area contributed by atoms with Crippen molar-refractivity contribution >= 4 is 17.8 Å². The molecule has 0 atom stereocenters. The maximum absolute atomic E-state index is 13.4. The van der Waals surface area contributed by atoms with Crippen LogP contribution in [0.15, 0.2) is 5.11 Å². The van der Waals surface area contributed by atoms with Crippen molar-refractivity contribution < 1.29 is 15.6 Å². The van der Waals surface area contributed by atoms with Gasteiger partial charge in [0.15, 0.2) is 0 Å². The Balaban J connectivity index is 1.83. The van der Waals surface area contributed by atoms with Crippen LogP contribution in [0.2, 0.25) is 0 Å². The number of rotatable bonds is 6. The van der Waals surface area contributed by atoms with Crippen molar-refractivity contribution in [3.63, 3.8) is 0 Å². The Morgan fingerprint density at radius 1 is 0.659 bits per heavy atom. The largest absolute Gasteiger partial charge is 0.351 e. The first-order valence-electron chi connectivity index (χ1n) is 15.7. The highest BCUT2D eigenvalue weighted by molar-refractivity contribution is 5.45. The Kier molecular flexibility index (Phi) is 8.78. The highest BCUT2D eigenvalue weighted by atomic mass is 16.5. The summed E-state index contributed by atoms with van der Waals surface area (Å²) in [5.74, 6) is 0.541. The first kappa shape index (κ1) is 34.6. The monoisotopic (exact) mass is 614 g/mol. The molecule has 14 nitrogen and oxygen atoms in total. The van der Waals surface area contributed by atoms with Gasteiger partial charge in [0, 0.05) is 56.3 Å². The van der Waals surface area contributed by atoms with E-state index in [9.17, 15) is 21.2 Å². The van der Waals surface area contributed by atoms with Gasteiger partial charge in [-0.2, -0.15) is 15.0 Å². The molecule has 0 aromatic carbocycles. The summed E-state index contributed by atoms with van der Waals surface area (Å²) in [6.07, 6.45) is 3.33. The topological polar surface area (TPSA) is 172 Å². The molecular formula is C30H52N11O3. The van der Waals surface area contributed by atoms with E-state index in [0.717, 1.165) is 0 Å². The first-order valence-corrected chi connectivity index (χ1v) is 15.7. The Hall–Kier alpha value is -2.32. The van der Waals surface area contributed by atoms with Gasteiger partial charge in [-0.25, -0.2) is 0 Å². The number of piperidine rings is 3. The predicted octanol–water partition coefficient (Wildman–Crippen LogP) is 6.13. The second-order valence-corrected chi connectivity index (χ2v) is 17.0. The summed E-state index contributed by atoms with van der Waals surface area (Å²) in [7, 11) is 0. The second kappa shape index (κ2) is 11.2. The van der Waals surface area contributed by atoms with Crippen LogP contribution in [0.4, 0.5) is 17.8 Å². The van der Waals surface area contributed by atoms with Crippen LogP contribution >= 0.6 is 0 Å². The summed E-state index contributed by atoms with van der Waals surface area (Å²) in [5.41, 5.74) is 5.48. The molecule has 3 radical (unpaired) electrons. The summed E-state index contributed by atoms with van der Waals surface area (Å²) in [4.78, 5) is 19.2. The van der Waals surface area contributed by atoms with Crippen LogP contribution in [0.3, 0.4) is 0 Å². The lowest BCUT2D eigenvalue weighted by Gasteiger charge is -2.57. The van der Waals surface area contributed by atoms with Crippen LogP contribution < -0.4 is 10.2 Å². The molecule has 0 bridgehead atoms. The molecule has 3 aliphatic heterocycles. The first-order chi connectivity index (χ1) is 19.9. The van der Waals surface area contributed by atoms with E-state index in [2.05, 4.69) is 30.2 Å². The van der Waals surface area contributed by atoms with E-state index in [4.69, 9.17) is 4.98 Å². The minimum atomic E-state index is -0.667. The minimum absolute atomic E-state index is 0.0654. The zero-order valence-corrected chi connectivity index (χ0v) is 28.7. The van der Waals surface area contributed by atoms with Gasteiger partial charge >= 0.3 is 0 Å². The van der Waals surface area contributed by atoms with Gasteiger partial charge in [-0.15, -0.1) is 30.8 Å². The van der Waals surface area contributed by atoms with Gasteiger partial charge in [0.2, 0.25) is 17.8 Å². The van der Waals surface area contributed by atoms with Crippen molar-refractivity contribution in [3.8, 4) is 0 Å². The number of hydroxylamine groups is 6. The molecule has 0 unspecified atom stereocenters. The Morgan fingerprint density at radius 3 is 1.39 bits per heavy atom. The average molecular weight is 615 g/mol. The molecule has 0 aliphatic carbocycles. The Labute approximate surface area is 262 Å². The van der Waals surface area contributed by atoms with Crippen molar-refractivity contribution in [2.45, 2.75) is 173 Å². The van der Waals surface area contributed by atoms with Crippen LogP contribution in [-0.4, -0.2) is 81.5 Å². The van der Waals surface area contributed by atoms with Crippen LogP contribution in [0.25, 0.3) is 10.4 Å². The summed E-state index contributed by atoms with van der Waals surface area (Å²) in [5, 5.41) is 50.5. The molecule has 4 heterocycles. The van der Waals surface area contributed by atoms with Crippen molar-refractivity contribution in [2.24, 2.45) is 5.11 Å². The number of hydrogen-bond acceptors (Lipinski definition) is 9. The van der Waals surface area contributed by atoms with E-state index in [1.807, 2.05) is 83.1 Å². The maximum Gasteiger partial charge on any atom is 0.231 e. The third-order valence-electron chi connectivity index (χ3n) is 9.83. The normalized spacial score (nSPS) is 27.4. The van der Waals surface area contributed by atoms with E-state index in [0.29, 0.717) is 44.5 Å². The van der Waals surface area contributed by atoms with E-state index in [-0.39, 0.29) is 30.0 Å². The van der Waals surface area contributed by atoms with Gasteiger partial charge in [-0.1, -0.05) is 0 Å². The van der Waals surface area contributed by atoms with Crippen LogP contribution in [0.1, 0.15) is 122 Å². The molecule has 1 aromatic heterocycles. The third-order valence-corrected chi connectivity index (χ3v) is 9.83. The molecule has 3 aliphatic rings. The average Bonchev–Trinajstić information content (AvgIpc) is 2.83. The fourth-order valence-corrected chi connectivity index (χ4v) is 8.61. The molecule has 14 heteroatoms. The van der Waals surface area contributed by atoms with Gasteiger partial charge in [0.1, 0.15) is 0 Å². The van der Waals surface area contributed by atoms with Crippen LogP contribution in [0, 0.1) is 0 Å². The number of nitrogens with one attached hydrogen (secondary N) is 1. The Bertz CT molecular complexity index is 1180. The number of nitrogens with zero attached hydrogens (tertiary/aromatic N) is 10. The van der Waals surface area contributed by atoms with E-state index < -0.39 is 33.2 Å². The zero-order chi connectivity index (χ0) is 33.3. The Morgan fingerprint density at radius 2 is 1.02 bits per heavy atom. The maximum atomic E-state index is 13.4. The predicted molar refractivity (Wildman–Crippen MR) is 166 cm³/mol. The van der Waals surface area contributed by atoms with E-state index >= 15 is 0 Å². The fourth-order valence-electron chi connectivity index (χ4n) is 8.61. The number of hydrogen-bond donors (Lipinski definition) is 1. The number of azide groups is 1. The lowest BCUT2D eigenvalue weighted by molar-refractivity contribution is -0.294. The van der Waals surface area contributed by atoms with Gasteiger partial charge in [-0.3, -0.25) is 0 Å².